The van der Waals surface area contributed by atoms with Gasteiger partial charge >= 0.3 is 18.5 Å². The number of nitrogens with zero attached hydrogens (tertiary/aromatic N) is 4. The Balaban J connectivity index is 1.51. The smallest absolute Gasteiger partial charge is 0.439 e. The fourth-order valence-electron chi connectivity index (χ4n) is 2.81. The number of halogens is 6. The van der Waals surface area contributed by atoms with Crippen LogP contribution in [-0.4, -0.2) is 31.5 Å². The molecule has 0 saturated carbocycles. The number of hydrogen-bond acceptors (Lipinski definition) is 8. The van der Waals surface area contributed by atoms with Crippen molar-refractivity contribution in [2.75, 3.05) is 11.1 Å². The largest absolute Gasteiger partial charge is 0.575 e. The zero-order valence-corrected chi connectivity index (χ0v) is 17.1. The third kappa shape index (κ3) is 6.27. The van der Waals surface area contributed by atoms with E-state index in [2.05, 4.69) is 35.2 Å². The number of nitrogens with two attached hydrogens (primary N) is 1. The van der Waals surface area contributed by atoms with E-state index in [0.717, 1.165) is 18.2 Å². The van der Waals surface area contributed by atoms with Crippen LogP contribution in [0.1, 0.15) is 5.56 Å². The van der Waals surface area contributed by atoms with Crippen LogP contribution >= 0.6 is 0 Å². The van der Waals surface area contributed by atoms with Gasteiger partial charge in [-0.15, -0.1) is 23.4 Å². The summed E-state index contributed by atoms with van der Waals surface area (Å²) in [6.07, 6.45) is -9.52. The Bertz CT molecular complexity index is 1340. The fourth-order valence-corrected chi connectivity index (χ4v) is 2.81. The average molecular weight is 497 g/mol. The van der Waals surface area contributed by atoms with Crippen LogP contribution in [0.15, 0.2) is 54.6 Å². The standard InChI is InChI=1S/C20H13F6N7O2/c21-19(22,23)11-4-2-5-12(8-11)28-17-31-16(32-33-17)10-3-1-6-13(7-10)34-15-9-14(27)29-18(30-15)35-20(24,25)26/h1-9H,(H2,27,29,30)(H2,28,31,32,33). The summed E-state index contributed by atoms with van der Waals surface area (Å²) in [5.41, 5.74) is 5.23. The van der Waals surface area contributed by atoms with Crippen molar-refractivity contribution in [3.8, 4) is 29.0 Å². The Labute approximate surface area is 191 Å². The Hall–Kier alpha value is -4.56. The number of rotatable bonds is 6. The number of nitrogen functional groups attached to an aromatic ring is 1. The molecular weight excluding hydrogens is 484 g/mol. The van der Waals surface area contributed by atoms with Crippen LogP contribution in [0.5, 0.6) is 17.6 Å². The second-order valence-corrected chi connectivity index (χ2v) is 6.82. The van der Waals surface area contributed by atoms with Crippen LogP contribution in [0.25, 0.3) is 11.4 Å². The van der Waals surface area contributed by atoms with Crippen LogP contribution < -0.4 is 20.5 Å². The summed E-state index contributed by atoms with van der Waals surface area (Å²) < 4.78 is 85.1. The van der Waals surface area contributed by atoms with E-state index in [9.17, 15) is 26.3 Å². The van der Waals surface area contributed by atoms with E-state index < -0.39 is 24.1 Å². The summed E-state index contributed by atoms with van der Waals surface area (Å²) in [6.45, 7) is 0. The molecule has 0 aliphatic rings. The lowest BCUT2D eigenvalue weighted by Crippen LogP contribution is -2.19. The Morgan fingerprint density at radius 3 is 2.40 bits per heavy atom. The molecule has 4 N–H and O–H groups in total. The van der Waals surface area contributed by atoms with E-state index in [1.165, 1.54) is 24.3 Å². The zero-order valence-electron chi connectivity index (χ0n) is 17.1. The number of aromatic nitrogens is 5. The molecule has 0 spiro atoms. The fraction of sp³-hybridized carbons (Fsp3) is 0.100. The highest BCUT2D eigenvalue weighted by molar-refractivity contribution is 5.61. The molecule has 2 aromatic carbocycles. The van der Waals surface area contributed by atoms with E-state index in [-0.39, 0.29) is 34.9 Å². The lowest BCUT2D eigenvalue weighted by atomic mass is 10.2. The summed E-state index contributed by atoms with van der Waals surface area (Å²) in [5, 5.41) is 10.5. The van der Waals surface area contributed by atoms with E-state index in [1.807, 2.05) is 0 Å². The van der Waals surface area contributed by atoms with Crippen LogP contribution in [0.3, 0.4) is 0 Å². The minimum atomic E-state index is -5.02. The molecule has 9 nitrogen and oxygen atoms in total. The van der Waals surface area contributed by atoms with E-state index >= 15 is 0 Å². The summed E-state index contributed by atoms with van der Waals surface area (Å²) in [4.78, 5) is 9.65. The molecule has 0 atom stereocenters. The normalized spacial score (nSPS) is 11.8. The predicted octanol–water partition coefficient (Wildman–Crippen LogP) is 5.30. The SMILES string of the molecule is Nc1cc(Oc2cccc(-c3nnc(Nc4cccc(C(F)(F)F)c4)[nH]3)c2)nc(OC(F)(F)F)n1. The maximum absolute atomic E-state index is 12.9. The first-order valence-electron chi connectivity index (χ1n) is 9.50. The summed E-state index contributed by atoms with van der Waals surface area (Å²) in [6, 6.07) is 10.7. The second-order valence-electron chi connectivity index (χ2n) is 6.82. The van der Waals surface area contributed by atoms with Crippen molar-refractivity contribution in [2.24, 2.45) is 0 Å². The molecule has 0 bridgehead atoms. The first-order chi connectivity index (χ1) is 16.4. The molecule has 0 amide bonds. The van der Waals surface area contributed by atoms with Gasteiger partial charge in [0.2, 0.25) is 11.8 Å². The highest BCUT2D eigenvalue weighted by Gasteiger charge is 2.33. The number of hydrogen-bond donors (Lipinski definition) is 3. The van der Waals surface area contributed by atoms with Crippen LogP contribution in [0, 0.1) is 0 Å². The van der Waals surface area contributed by atoms with E-state index in [4.69, 9.17) is 10.5 Å². The van der Waals surface area contributed by atoms with Gasteiger partial charge in [0.15, 0.2) is 5.82 Å². The molecule has 0 unspecified atom stereocenters. The van der Waals surface area contributed by atoms with Gasteiger partial charge in [0.05, 0.1) is 5.56 Å². The highest BCUT2D eigenvalue weighted by Crippen LogP contribution is 2.32. The van der Waals surface area contributed by atoms with Crippen LogP contribution in [-0.2, 0) is 6.18 Å². The molecule has 4 aromatic rings. The molecule has 15 heteroatoms. The Morgan fingerprint density at radius 1 is 0.886 bits per heavy atom. The van der Waals surface area contributed by atoms with Crippen molar-refractivity contribution >= 4 is 17.5 Å². The first-order valence-corrected chi connectivity index (χ1v) is 9.50. The highest BCUT2D eigenvalue weighted by atomic mass is 19.4. The van der Waals surface area contributed by atoms with Crippen LogP contribution in [0.4, 0.5) is 43.8 Å². The molecule has 35 heavy (non-hydrogen) atoms. The number of H-pyrrole nitrogens is 1. The Morgan fingerprint density at radius 2 is 1.66 bits per heavy atom. The summed E-state index contributed by atoms with van der Waals surface area (Å²) in [5.74, 6) is -0.164. The van der Waals surface area contributed by atoms with Crippen LogP contribution in [0.2, 0.25) is 0 Å². The third-order valence-corrected chi connectivity index (χ3v) is 4.18. The number of anilines is 3. The number of aromatic amines is 1. The second kappa shape index (κ2) is 9.00. The molecule has 0 fully saturated rings. The molecule has 0 aliphatic heterocycles. The van der Waals surface area contributed by atoms with E-state index in [0.29, 0.717) is 5.56 Å². The molecule has 0 saturated heterocycles. The van der Waals surface area contributed by atoms with Gasteiger partial charge in [0.1, 0.15) is 11.6 Å². The molecule has 0 radical (unpaired) electrons. The lowest BCUT2D eigenvalue weighted by Gasteiger charge is -2.10. The van der Waals surface area contributed by atoms with Crippen molar-refractivity contribution < 1.29 is 35.8 Å². The first kappa shape index (κ1) is 23.6. The third-order valence-electron chi connectivity index (χ3n) is 4.18. The van der Waals surface area contributed by atoms with E-state index in [1.54, 1.807) is 12.1 Å². The van der Waals surface area contributed by atoms with Gasteiger partial charge in [-0.05, 0) is 30.3 Å². The number of ether oxygens (including phenoxy) is 2. The average Bonchev–Trinajstić information content (AvgIpc) is 3.20. The Kier molecular flexibility index (Phi) is 6.07. The topological polar surface area (TPSA) is 124 Å². The van der Waals surface area contributed by atoms with Gasteiger partial charge in [-0.1, -0.05) is 18.2 Å². The molecule has 182 valence electrons. The van der Waals surface area contributed by atoms with Gasteiger partial charge in [-0.3, -0.25) is 0 Å². The van der Waals surface area contributed by atoms with Gasteiger partial charge < -0.3 is 25.5 Å². The molecule has 0 aliphatic carbocycles. The number of benzene rings is 2. The molecular formula is C20H13F6N7O2. The molecule has 2 heterocycles. The van der Waals surface area contributed by atoms with Crippen molar-refractivity contribution in [3.05, 3.63) is 60.2 Å². The van der Waals surface area contributed by atoms with Gasteiger partial charge in [-0.2, -0.15) is 23.1 Å². The molecule has 2 aromatic heterocycles. The quantitative estimate of drug-likeness (QED) is 0.307. The van der Waals surface area contributed by atoms with Gasteiger partial charge in [-0.25, -0.2) is 0 Å². The number of alkyl halides is 6. The summed E-state index contributed by atoms with van der Waals surface area (Å²) in [7, 11) is 0. The minimum absolute atomic E-state index is 0.0724. The molecule has 4 rings (SSSR count). The predicted molar refractivity (Wildman–Crippen MR) is 110 cm³/mol. The zero-order chi connectivity index (χ0) is 25.2. The van der Waals surface area contributed by atoms with Crippen molar-refractivity contribution in [2.45, 2.75) is 12.5 Å². The van der Waals surface area contributed by atoms with Gasteiger partial charge in [0, 0.05) is 17.3 Å². The number of nitrogens with one attached hydrogen (secondary N) is 2. The maximum atomic E-state index is 12.9. The maximum Gasteiger partial charge on any atom is 0.575 e. The monoisotopic (exact) mass is 497 g/mol. The van der Waals surface area contributed by atoms with Gasteiger partial charge in [0.25, 0.3) is 0 Å². The van der Waals surface area contributed by atoms with Crippen molar-refractivity contribution in [1.29, 1.82) is 0 Å². The lowest BCUT2D eigenvalue weighted by molar-refractivity contribution is -0.277. The van der Waals surface area contributed by atoms with Crippen molar-refractivity contribution in [1.82, 2.24) is 25.1 Å². The summed E-state index contributed by atoms with van der Waals surface area (Å²) >= 11 is 0. The van der Waals surface area contributed by atoms with Crippen molar-refractivity contribution in [3.63, 3.8) is 0 Å². The minimum Gasteiger partial charge on any atom is -0.439 e.